The molecule has 2 aliphatic heterocycles. The van der Waals surface area contributed by atoms with Gasteiger partial charge in [-0.3, -0.25) is 9.69 Å². The summed E-state index contributed by atoms with van der Waals surface area (Å²) in [5.41, 5.74) is 3.36. The lowest BCUT2D eigenvalue weighted by Crippen LogP contribution is -2.53. The number of carbonyl (C=O) groups is 1. The van der Waals surface area contributed by atoms with Crippen molar-refractivity contribution in [1.29, 1.82) is 0 Å². The minimum absolute atomic E-state index is 0.0659. The Kier molecular flexibility index (Phi) is 4.11. The molecule has 2 N–H and O–H groups in total. The Labute approximate surface area is 144 Å². The highest BCUT2D eigenvalue weighted by molar-refractivity contribution is 7.13. The van der Waals surface area contributed by atoms with E-state index in [0.29, 0.717) is 5.13 Å². The molecule has 0 saturated carbocycles. The van der Waals surface area contributed by atoms with E-state index in [1.54, 1.807) is 0 Å². The average Bonchev–Trinajstić information content (AvgIpc) is 3.20. The first-order valence-electron chi connectivity index (χ1n) is 8.25. The Balaban J connectivity index is 1.60. The van der Waals surface area contributed by atoms with Crippen molar-refractivity contribution >= 4 is 22.4 Å². The molecule has 0 unspecified atom stereocenters. The molecule has 4 rings (SSSR count). The first kappa shape index (κ1) is 15.7. The smallest absolute Gasteiger partial charge is 0.223 e. The molecule has 24 heavy (non-hydrogen) atoms. The van der Waals surface area contributed by atoms with Crippen LogP contribution >= 0.6 is 11.3 Å². The third-order valence-electron chi connectivity index (χ3n) is 4.90. The topological polar surface area (TPSA) is 83.1 Å². The molecule has 8 heteroatoms. The number of ether oxygens (including phenoxy) is 1. The van der Waals surface area contributed by atoms with Crippen LogP contribution in [-0.4, -0.2) is 45.5 Å². The van der Waals surface area contributed by atoms with E-state index in [1.807, 2.05) is 11.7 Å². The van der Waals surface area contributed by atoms with Crippen molar-refractivity contribution in [3.8, 4) is 0 Å². The third-order valence-corrected chi connectivity index (χ3v) is 5.71. The zero-order valence-corrected chi connectivity index (χ0v) is 14.5. The zero-order valence-electron chi connectivity index (χ0n) is 13.7. The highest BCUT2D eigenvalue weighted by Gasteiger charge is 2.45. The molecule has 1 amide bonds. The minimum Gasteiger partial charge on any atom is -0.381 e. The summed E-state index contributed by atoms with van der Waals surface area (Å²) in [4.78, 5) is 26.2. The SMILES string of the molecule is CC(=O)Nc1nc(CN2CCc3[nH]cnc3C23CCOCC3)cs1. The van der Waals surface area contributed by atoms with Gasteiger partial charge in [0.1, 0.15) is 0 Å². The van der Waals surface area contributed by atoms with Crippen LogP contribution in [0.5, 0.6) is 0 Å². The molecule has 0 bridgehead atoms. The number of aromatic nitrogens is 3. The van der Waals surface area contributed by atoms with Crippen LogP contribution in [0.15, 0.2) is 11.7 Å². The Bertz CT molecular complexity index is 734. The predicted molar refractivity (Wildman–Crippen MR) is 90.9 cm³/mol. The van der Waals surface area contributed by atoms with Crippen LogP contribution in [0.1, 0.15) is 36.8 Å². The van der Waals surface area contributed by atoms with Crippen LogP contribution < -0.4 is 5.32 Å². The van der Waals surface area contributed by atoms with Crippen molar-refractivity contribution in [1.82, 2.24) is 19.9 Å². The maximum absolute atomic E-state index is 11.2. The van der Waals surface area contributed by atoms with Gasteiger partial charge in [-0.15, -0.1) is 11.3 Å². The van der Waals surface area contributed by atoms with Crippen LogP contribution in [0.3, 0.4) is 0 Å². The summed E-state index contributed by atoms with van der Waals surface area (Å²) in [5, 5.41) is 5.45. The number of amides is 1. The van der Waals surface area contributed by atoms with Crippen molar-refractivity contribution in [3.05, 3.63) is 28.8 Å². The van der Waals surface area contributed by atoms with E-state index < -0.39 is 0 Å². The van der Waals surface area contributed by atoms with Crippen molar-refractivity contribution < 1.29 is 9.53 Å². The maximum Gasteiger partial charge on any atom is 0.223 e. The monoisotopic (exact) mass is 347 g/mol. The number of hydrogen-bond donors (Lipinski definition) is 2. The highest BCUT2D eigenvalue weighted by atomic mass is 32.1. The number of hydrogen-bond acceptors (Lipinski definition) is 6. The Morgan fingerprint density at radius 2 is 2.33 bits per heavy atom. The highest BCUT2D eigenvalue weighted by Crippen LogP contribution is 2.42. The van der Waals surface area contributed by atoms with E-state index in [0.717, 1.165) is 51.3 Å². The number of fused-ring (bicyclic) bond motifs is 2. The summed E-state index contributed by atoms with van der Waals surface area (Å²) in [6, 6.07) is 0. The maximum atomic E-state index is 11.2. The van der Waals surface area contributed by atoms with Crippen molar-refractivity contribution in [2.75, 3.05) is 25.1 Å². The number of nitrogens with one attached hydrogen (secondary N) is 2. The number of carbonyl (C=O) groups excluding carboxylic acids is 1. The van der Waals surface area contributed by atoms with Gasteiger partial charge in [0.15, 0.2) is 5.13 Å². The molecule has 0 aromatic carbocycles. The standard InChI is InChI=1S/C16H21N5O2S/c1-11(22)19-15-20-12(9-24-15)8-21-5-2-13-14(18-10-17-13)16(21)3-6-23-7-4-16/h9-10H,2-8H2,1H3,(H,17,18)(H,19,20,22). The zero-order chi connectivity index (χ0) is 16.6. The number of anilines is 1. The van der Waals surface area contributed by atoms with Gasteiger partial charge >= 0.3 is 0 Å². The summed E-state index contributed by atoms with van der Waals surface area (Å²) in [5.74, 6) is -0.0871. The van der Waals surface area contributed by atoms with Gasteiger partial charge in [-0.2, -0.15) is 0 Å². The first-order chi connectivity index (χ1) is 11.7. The molecule has 0 atom stereocenters. The molecule has 2 aromatic heterocycles. The molecule has 0 aliphatic carbocycles. The average molecular weight is 347 g/mol. The van der Waals surface area contributed by atoms with Gasteiger partial charge in [-0.25, -0.2) is 9.97 Å². The number of imidazole rings is 1. The molecule has 0 radical (unpaired) electrons. The first-order valence-corrected chi connectivity index (χ1v) is 9.13. The van der Waals surface area contributed by atoms with E-state index >= 15 is 0 Å². The van der Waals surface area contributed by atoms with Gasteiger partial charge in [0.2, 0.25) is 5.91 Å². The van der Waals surface area contributed by atoms with Crippen molar-refractivity contribution in [2.45, 2.75) is 38.3 Å². The molecule has 7 nitrogen and oxygen atoms in total. The van der Waals surface area contributed by atoms with Crippen LogP contribution in [0.4, 0.5) is 5.13 Å². The van der Waals surface area contributed by atoms with Crippen LogP contribution in [0, 0.1) is 0 Å². The van der Waals surface area contributed by atoms with Gasteiger partial charge in [-0.1, -0.05) is 0 Å². The van der Waals surface area contributed by atoms with Gasteiger partial charge < -0.3 is 15.0 Å². The van der Waals surface area contributed by atoms with E-state index in [9.17, 15) is 4.79 Å². The minimum atomic E-state index is -0.0871. The number of nitrogens with zero attached hydrogens (tertiary/aromatic N) is 3. The molecule has 128 valence electrons. The molecule has 1 fully saturated rings. The summed E-state index contributed by atoms with van der Waals surface area (Å²) in [7, 11) is 0. The quantitative estimate of drug-likeness (QED) is 0.886. The van der Waals surface area contributed by atoms with Gasteiger partial charge in [0.25, 0.3) is 0 Å². The largest absolute Gasteiger partial charge is 0.381 e. The lowest BCUT2D eigenvalue weighted by Gasteiger charge is -2.48. The molecule has 2 aliphatic rings. The Morgan fingerprint density at radius 3 is 3.12 bits per heavy atom. The molecule has 4 heterocycles. The second kappa shape index (κ2) is 6.27. The molecule has 1 saturated heterocycles. The second-order valence-corrected chi connectivity index (χ2v) is 7.23. The fourth-order valence-corrected chi connectivity index (χ4v) is 4.55. The van der Waals surface area contributed by atoms with Crippen molar-refractivity contribution in [2.24, 2.45) is 0 Å². The Hall–Kier alpha value is -1.77. The fourth-order valence-electron chi connectivity index (χ4n) is 3.80. The van der Waals surface area contributed by atoms with Crippen molar-refractivity contribution in [3.63, 3.8) is 0 Å². The summed E-state index contributed by atoms with van der Waals surface area (Å²) in [6.45, 7) is 4.76. The number of aromatic amines is 1. The van der Waals surface area contributed by atoms with Crippen LogP contribution in [0.25, 0.3) is 0 Å². The fraction of sp³-hybridized carbons (Fsp3) is 0.562. The van der Waals surface area contributed by atoms with Crippen LogP contribution in [0.2, 0.25) is 0 Å². The molecular formula is C16H21N5O2S. The number of rotatable bonds is 3. The lowest BCUT2D eigenvalue weighted by molar-refractivity contribution is -0.114. The predicted octanol–water partition coefficient (Wildman–Crippen LogP) is 1.89. The van der Waals surface area contributed by atoms with E-state index in [2.05, 4.69) is 25.2 Å². The van der Waals surface area contributed by atoms with Gasteiger partial charge in [0.05, 0.1) is 23.3 Å². The normalized spacial score (nSPS) is 20.0. The van der Waals surface area contributed by atoms with Crippen LogP contribution in [-0.2, 0) is 28.0 Å². The van der Waals surface area contributed by atoms with Gasteiger partial charge in [0, 0.05) is 50.7 Å². The number of H-pyrrole nitrogens is 1. The Morgan fingerprint density at radius 1 is 1.50 bits per heavy atom. The summed E-state index contributed by atoms with van der Waals surface area (Å²) >= 11 is 1.47. The van der Waals surface area contributed by atoms with Gasteiger partial charge in [-0.05, 0) is 12.8 Å². The summed E-state index contributed by atoms with van der Waals surface area (Å²) in [6.07, 6.45) is 4.69. The second-order valence-electron chi connectivity index (χ2n) is 6.37. The number of thiazole rings is 1. The third kappa shape index (κ3) is 2.74. The molecule has 1 spiro atoms. The molecule has 2 aromatic rings. The van der Waals surface area contributed by atoms with E-state index in [4.69, 9.17) is 4.74 Å². The molecular weight excluding hydrogens is 326 g/mol. The lowest BCUT2D eigenvalue weighted by atomic mass is 9.80. The van der Waals surface area contributed by atoms with E-state index in [1.165, 1.54) is 29.6 Å². The van der Waals surface area contributed by atoms with E-state index in [-0.39, 0.29) is 11.4 Å². The summed E-state index contributed by atoms with van der Waals surface area (Å²) < 4.78 is 5.61.